The SMILES string of the molecule is Nc1ccc(SCCc2ccsc2)cn1. The summed E-state index contributed by atoms with van der Waals surface area (Å²) in [5, 5.41) is 4.31. The Labute approximate surface area is 97.5 Å². The van der Waals surface area contributed by atoms with Crippen molar-refractivity contribution < 1.29 is 0 Å². The summed E-state index contributed by atoms with van der Waals surface area (Å²) < 4.78 is 0. The molecule has 0 aliphatic rings. The molecule has 0 spiro atoms. The van der Waals surface area contributed by atoms with E-state index in [-0.39, 0.29) is 0 Å². The largest absolute Gasteiger partial charge is 0.384 e. The average Bonchev–Trinajstić information content (AvgIpc) is 2.74. The molecule has 78 valence electrons. The molecule has 2 N–H and O–H groups in total. The Balaban J connectivity index is 1.81. The first-order valence-electron chi connectivity index (χ1n) is 4.70. The predicted octanol–water partition coefficient (Wildman–Crippen LogP) is 3.06. The minimum atomic E-state index is 0.581. The number of hydrogen-bond acceptors (Lipinski definition) is 4. The van der Waals surface area contributed by atoms with Gasteiger partial charge in [-0.2, -0.15) is 11.3 Å². The molecule has 2 rings (SSSR count). The fourth-order valence-electron chi connectivity index (χ4n) is 1.20. The first kappa shape index (κ1) is 10.5. The molecule has 0 fully saturated rings. The Bertz CT molecular complexity index is 395. The smallest absolute Gasteiger partial charge is 0.123 e. The highest BCUT2D eigenvalue weighted by Crippen LogP contribution is 2.19. The zero-order valence-electron chi connectivity index (χ0n) is 8.22. The summed E-state index contributed by atoms with van der Waals surface area (Å²) in [4.78, 5) is 5.23. The van der Waals surface area contributed by atoms with Crippen molar-refractivity contribution in [2.75, 3.05) is 11.5 Å². The van der Waals surface area contributed by atoms with Crippen LogP contribution in [0.4, 0.5) is 5.82 Å². The Hall–Kier alpha value is -1.00. The van der Waals surface area contributed by atoms with Crippen LogP contribution in [0.2, 0.25) is 0 Å². The van der Waals surface area contributed by atoms with E-state index in [2.05, 4.69) is 21.8 Å². The summed E-state index contributed by atoms with van der Waals surface area (Å²) in [6, 6.07) is 6.03. The van der Waals surface area contributed by atoms with Crippen LogP contribution in [0.5, 0.6) is 0 Å². The van der Waals surface area contributed by atoms with Crippen LogP contribution in [-0.4, -0.2) is 10.7 Å². The molecule has 0 saturated carbocycles. The Morgan fingerprint density at radius 2 is 2.27 bits per heavy atom. The van der Waals surface area contributed by atoms with Gasteiger partial charge in [0.05, 0.1) is 0 Å². The molecule has 2 aromatic rings. The molecule has 2 nitrogen and oxygen atoms in total. The van der Waals surface area contributed by atoms with Crippen LogP contribution in [0, 0.1) is 0 Å². The van der Waals surface area contributed by atoms with Gasteiger partial charge in [0.2, 0.25) is 0 Å². The fraction of sp³-hybridized carbons (Fsp3) is 0.182. The lowest BCUT2D eigenvalue weighted by Gasteiger charge is -2.00. The molecule has 2 aromatic heterocycles. The highest BCUT2D eigenvalue weighted by Gasteiger charge is 1.96. The summed E-state index contributed by atoms with van der Waals surface area (Å²) >= 11 is 3.56. The van der Waals surface area contributed by atoms with Crippen LogP contribution in [0.3, 0.4) is 0 Å². The third kappa shape index (κ3) is 3.25. The Morgan fingerprint density at radius 3 is 2.93 bits per heavy atom. The lowest BCUT2D eigenvalue weighted by Crippen LogP contribution is -1.89. The standard InChI is InChI=1S/C11H12N2S2/c12-11-2-1-10(7-13-11)15-6-4-9-3-5-14-8-9/h1-3,5,7-8H,4,6H2,(H2,12,13). The highest BCUT2D eigenvalue weighted by atomic mass is 32.2. The van der Waals surface area contributed by atoms with E-state index in [4.69, 9.17) is 5.73 Å². The van der Waals surface area contributed by atoms with E-state index >= 15 is 0 Å². The first-order valence-corrected chi connectivity index (χ1v) is 6.63. The Kier molecular flexibility index (Phi) is 3.64. The van der Waals surface area contributed by atoms with E-state index in [1.165, 1.54) is 10.5 Å². The van der Waals surface area contributed by atoms with Gasteiger partial charge in [0.1, 0.15) is 5.82 Å². The van der Waals surface area contributed by atoms with Crippen LogP contribution >= 0.6 is 23.1 Å². The molecule has 0 amide bonds. The van der Waals surface area contributed by atoms with Gasteiger partial charge >= 0.3 is 0 Å². The van der Waals surface area contributed by atoms with Crippen molar-refractivity contribution in [2.24, 2.45) is 0 Å². The zero-order valence-corrected chi connectivity index (χ0v) is 9.85. The molecular weight excluding hydrogens is 224 g/mol. The molecular formula is C11H12N2S2. The van der Waals surface area contributed by atoms with Crippen molar-refractivity contribution in [3.63, 3.8) is 0 Å². The second kappa shape index (κ2) is 5.19. The second-order valence-corrected chi connectivity index (χ2v) is 5.10. The van der Waals surface area contributed by atoms with Gasteiger partial charge in [-0.05, 0) is 40.9 Å². The summed E-state index contributed by atoms with van der Waals surface area (Å²) in [6.07, 6.45) is 2.94. The first-order chi connectivity index (χ1) is 7.34. The topological polar surface area (TPSA) is 38.9 Å². The normalized spacial score (nSPS) is 10.4. The van der Waals surface area contributed by atoms with Gasteiger partial charge in [0.25, 0.3) is 0 Å². The lowest BCUT2D eigenvalue weighted by atomic mass is 10.3. The number of thioether (sulfide) groups is 1. The molecule has 4 heteroatoms. The van der Waals surface area contributed by atoms with Gasteiger partial charge in [-0.15, -0.1) is 11.8 Å². The van der Waals surface area contributed by atoms with Gasteiger partial charge in [0, 0.05) is 16.8 Å². The third-order valence-electron chi connectivity index (χ3n) is 2.00. The number of nitrogen functional groups attached to an aromatic ring is 1. The fourth-order valence-corrected chi connectivity index (χ4v) is 2.77. The summed E-state index contributed by atoms with van der Waals surface area (Å²) in [7, 11) is 0. The van der Waals surface area contributed by atoms with Crippen LogP contribution < -0.4 is 5.73 Å². The van der Waals surface area contributed by atoms with Crippen LogP contribution in [0.25, 0.3) is 0 Å². The maximum Gasteiger partial charge on any atom is 0.123 e. The Morgan fingerprint density at radius 1 is 1.33 bits per heavy atom. The number of hydrogen-bond donors (Lipinski definition) is 1. The van der Waals surface area contributed by atoms with Crippen LogP contribution in [0.1, 0.15) is 5.56 Å². The predicted molar refractivity (Wildman–Crippen MR) is 67.4 cm³/mol. The van der Waals surface area contributed by atoms with Crippen LogP contribution in [0.15, 0.2) is 40.1 Å². The van der Waals surface area contributed by atoms with Crippen molar-refractivity contribution in [1.29, 1.82) is 0 Å². The van der Waals surface area contributed by atoms with E-state index in [1.807, 2.05) is 30.1 Å². The van der Waals surface area contributed by atoms with Crippen molar-refractivity contribution in [3.8, 4) is 0 Å². The van der Waals surface area contributed by atoms with Crippen LogP contribution in [-0.2, 0) is 6.42 Å². The van der Waals surface area contributed by atoms with E-state index in [1.54, 1.807) is 11.3 Å². The van der Waals surface area contributed by atoms with E-state index in [0.29, 0.717) is 5.82 Å². The molecule has 15 heavy (non-hydrogen) atoms. The summed E-state index contributed by atoms with van der Waals surface area (Å²) in [5.41, 5.74) is 6.93. The van der Waals surface area contributed by atoms with Gasteiger partial charge in [-0.25, -0.2) is 4.98 Å². The van der Waals surface area contributed by atoms with Crippen molar-refractivity contribution >= 4 is 28.9 Å². The number of anilines is 1. The number of aryl methyl sites for hydroxylation is 1. The summed E-state index contributed by atoms with van der Waals surface area (Å²) in [6.45, 7) is 0. The minimum Gasteiger partial charge on any atom is -0.384 e. The zero-order chi connectivity index (χ0) is 10.5. The highest BCUT2D eigenvalue weighted by molar-refractivity contribution is 7.99. The molecule has 0 unspecified atom stereocenters. The lowest BCUT2D eigenvalue weighted by molar-refractivity contribution is 1.16. The monoisotopic (exact) mass is 236 g/mol. The molecule has 0 radical (unpaired) electrons. The maximum atomic E-state index is 5.51. The molecule has 0 atom stereocenters. The number of aromatic nitrogens is 1. The number of pyridine rings is 1. The molecule has 0 bridgehead atoms. The average molecular weight is 236 g/mol. The number of rotatable bonds is 4. The molecule has 0 aromatic carbocycles. The second-order valence-electron chi connectivity index (χ2n) is 3.15. The molecule has 0 aliphatic heterocycles. The van der Waals surface area contributed by atoms with Gasteiger partial charge < -0.3 is 5.73 Å². The maximum absolute atomic E-state index is 5.51. The van der Waals surface area contributed by atoms with Crippen molar-refractivity contribution in [1.82, 2.24) is 4.98 Å². The molecule has 2 heterocycles. The molecule has 0 saturated heterocycles. The van der Waals surface area contributed by atoms with E-state index in [0.717, 1.165) is 12.2 Å². The number of nitrogens with two attached hydrogens (primary N) is 1. The van der Waals surface area contributed by atoms with Gasteiger partial charge in [0.15, 0.2) is 0 Å². The number of thiophene rings is 1. The summed E-state index contributed by atoms with van der Waals surface area (Å²) in [5.74, 6) is 1.67. The van der Waals surface area contributed by atoms with Crippen molar-refractivity contribution in [3.05, 3.63) is 40.7 Å². The molecule has 0 aliphatic carbocycles. The quantitative estimate of drug-likeness (QED) is 0.829. The minimum absolute atomic E-state index is 0.581. The van der Waals surface area contributed by atoms with E-state index in [9.17, 15) is 0 Å². The van der Waals surface area contributed by atoms with Gasteiger partial charge in [-0.3, -0.25) is 0 Å². The van der Waals surface area contributed by atoms with Gasteiger partial charge in [-0.1, -0.05) is 0 Å². The van der Waals surface area contributed by atoms with Crippen molar-refractivity contribution in [2.45, 2.75) is 11.3 Å². The number of nitrogens with zero attached hydrogens (tertiary/aromatic N) is 1. The third-order valence-corrected chi connectivity index (χ3v) is 3.71. The van der Waals surface area contributed by atoms with E-state index < -0.39 is 0 Å².